The van der Waals surface area contributed by atoms with E-state index >= 15 is 0 Å². The highest BCUT2D eigenvalue weighted by Crippen LogP contribution is 2.28. The molecule has 1 saturated heterocycles. The van der Waals surface area contributed by atoms with Crippen LogP contribution in [0.2, 0.25) is 5.02 Å². The Hall–Kier alpha value is -2.35. The summed E-state index contributed by atoms with van der Waals surface area (Å²) in [7, 11) is -3.50. The lowest BCUT2D eigenvalue weighted by Gasteiger charge is -2.26. The molecule has 1 unspecified atom stereocenters. The number of piperidine rings is 1. The first kappa shape index (κ1) is 22.8. The average Bonchev–Trinajstić information content (AvgIpc) is 3.23. The highest BCUT2D eigenvalue weighted by molar-refractivity contribution is 7.89. The summed E-state index contributed by atoms with van der Waals surface area (Å²) < 4.78 is 29.5. The number of nitrogens with one attached hydrogen (secondary N) is 1. The van der Waals surface area contributed by atoms with E-state index in [0.717, 1.165) is 35.7 Å². The maximum atomic E-state index is 13.0. The highest BCUT2D eigenvalue weighted by atomic mass is 35.5. The van der Waals surface area contributed by atoms with E-state index in [4.69, 9.17) is 11.6 Å². The normalized spacial score (nSPS) is 16.2. The second-order valence-electron chi connectivity index (χ2n) is 8.14. The molecule has 1 aromatic heterocycles. The summed E-state index contributed by atoms with van der Waals surface area (Å²) in [6.07, 6.45) is 5.33. The second kappa shape index (κ2) is 9.65. The molecule has 2 heterocycles. The Labute approximate surface area is 194 Å². The minimum absolute atomic E-state index is 0.102. The van der Waals surface area contributed by atoms with E-state index in [0.29, 0.717) is 36.0 Å². The number of hydrogen-bond donors (Lipinski definition) is 1. The number of carbonyl (C=O) groups is 1. The minimum Gasteiger partial charge on any atom is -0.350 e. The molecule has 4 rings (SSSR count). The Morgan fingerprint density at radius 3 is 2.56 bits per heavy atom. The zero-order chi connectivity index (χ0) is 22.7. The fourth-order valence-electron chi connectivity index (χ4n) is 4.28. The van der Waals surface area contributed by atoms with E-state index in [1.165, 1.54) is 0 Å². The first-order valence-electron chi connectivity index (χ1n) is 11.0. The molecule has 0 radical (unpaired) electrons. The highest BCUT2D eigenvalue weighted by Gasteiger charge is 2.27. The maximum absolute atomic E-state index is 13.0. The largest absolute Gasteiger partial charge is 0.350 e. The van der Waals surface area contributed by atoms with Crippen molar-refractivity contribution in [3.05, 3.63) is 65.3 Å². The lowest BCUT2D eigenvalue weighted by Crippen LogP contribution is -2.35. The number of carbonyl (C=O) groups excluding carboxylic acids is 1. The van der Waals surface area contributed by atoms with Crippen LogP contribution in [0.5, 0.6) is 0 Å². The van der Waals surface area contributed by atoms with Gasteiger partial charge in [-0.15, -0.1) is 0 Å². The summed E-state index contributed by atoms with van der Waals surface area (Å²) in [6.45, 7) is 3.46. The zero-order valence-electron chi connectivity index (χ0n) is 18.1. The lowest BCUT2D eigenvalue weighted by atomic mass is 10.1. The molecule has 32 heavy (non-hydrogen) atoms. The van der Waals surface area contributed by atoms with Crippen LogP contribution in [0.3, 0.4) is 0 Å². The van der Waals surface area contributed by atoms with Gasteiger partial charge in [-0.2, -0.15) is 4.31 Å². The zero-order valence-corrected chi connectivity index (χ0v) is 19.7. The van der Waals surface area contributed by atoms with Crippen LogP contribution in [0, 0.1) is 0 Å². The van der Waals surface area contributed by atoms with Crippen molar-refractivity contribution in [2.45, 2.75) is 50.1 Å². The average molecular weight is 474 g/mol. The molecule has 0 spiro atoms. The molecule has 3 aromatic rings. The number of nitrogens with zero attached hydrogens (tertiary/aromatic N) is 2. The molecular weight excluding hydrogens is 446 g/mol. The Balaban J connectivity index is 1.55. The Bertz CT molecular complexity index is 1220. The number of aromatic nitrogens is 1. The van der Waals surface area contributed by atoms with Gasteiger partial charge in [0.05, 0.1) is 4.90 Å². The smallest absolute Gasteiger partial charge is 0.243 e. The predicted octanol–water partition coefficient (Wildman–Crippen LogP) is 4.74. The monoisotopic (exact) mass is 473 g/mol. The van der Waals surface area contributed by atoms with Gasteiger partial charge in [-0.3, -0.25) is 4.79 Å². The number of benzene rings is 2. The minimum atomic E-state index is -3.50. The van der Waals surface area contributed by atoms with Crippen LogP contribution in [-0.2, 0) is 21.4 Å². The molecule has 1 fully saturated rings. The van der Waals surface area contributed by atoms with Crippen LogP contribution in [0.4, 0.5) is 0 Å². The maximum Gasteiger partial charge on any atom is 0.243 e. The Morgan fingerprint density at radius 2 is 1.84 bits per heavy atom. The third-order valence-corrected chi connectivity index (χ3v) is 8.34. The summed E-state index contributed by atoms with van der Waals surface area (Å²) in [5.74, 6) is -0.102. The van der Waals surface area contributed by atoms with Crippen molar-refractivity contribution in [3.8, 4) is 0 Å². The Kier molecular flexibility index (Phi) is 6.88. The quantitative estimate of drug-likeness (QED) is 0.538. The van der Waals surface area contributed by atoms with Crippen LogP contribution < -0.4 is 5.32 Å². The molecule has 1 amide bonds. The predicted molar refractivity (Wildman–Crippen MR) is 127 cm³/mol. The van der Waals surface area contributed by atoms with Gasteiger partial charge in [-0.1, -0.05) is 43.1 Å². The van der Waals surface area contributed by atoms with Gasteiger partial charge in [0.15, 0.2) is 0 Å². The van der Waals surface area contributed by atoms with Gasteiger partial charge >= 0.3 is 0 Å². The van der Waals surface area contributed by atoms with Gasteiger partial charge in [0, 0.05) is 41.8 Å². The number of halogens is 1. The van der Waals surface area contributed by atoms with Crippen molar-refractivity contribution >= 4 is 38.4 Å². The second-order valence-corrected chi connectivity index (χ2v) is 10.5. The number of rotatable bonds is 7. The molecule has 2 aromatic carbocycles. The van der Waals surface area contributed by atoms with Crippen molar-refractivity contribution in [2.24, 2.45) is 0 Å². The van der Waals surface area contributed by atoms with E-state index in [2.05, 4.69) is 5.32 Å². The third kappa shape index (κ3) is 4.56. The molecule has 1 aliphatic heterocycles. The number of sulfonamides is 1. The van der Waals surface area contributed by atoms with Gasteiger partial charge < -0.3 is 9.88 Å². The van der Waals surface area contributed by atoms with E-state index in [1.807, 2.05) is 42.0 Å². The van der Waals surface area contributed by atoms with Crippen LogP contribution in [0.1, 0.15) is 44.2 Å². The molecule has 6 nitrogen and oxygen atoms in total. The van der Waals surface area contributed by atoms with Crippen LogP contribution >= 0.6 is 11.6 Å². The standard InChI is InChI=1S/C24H28ClN3O3S/c1-2-22(24(29)26-17-19-8-4-5-9-21(19)25)28-15-12-18-16-20(10-11-23(18)28)32(30,31)27-13-6-3-7-14-27/h4-5,8-12,15-16,22H,2-3,6-7,13-14,17H2,1H3,(H,26,29). The molecule has 8 heteroatoms. The van der Waals surface area contributed by atoms with Gasteiger partial charge in [0.2, 0.25) is 15.9 Å². The molecule has 170 valence electrons. The lowest BCUT2D eigenvalue weighted by molar-refractivity contribution is -0.124. The Morgan fingerprint density at radius 1 is 1.09 bits per heavy atom. The first-order valence-corrected chi connectivity index (χ1v) is 12.9. The molecular formula is C24H28ClN3O3S. The van der Waals surface area contributed by atoms with Crippen molar-refractivity contribution in [1.82, 2.24) is 14.2 Å². The summed E-state index contributed by atoms with van der Waals surface area (Å²) in [5, 5.41) is 4.40. The van der Waals surface area contributed by atoms with E-state index in [-0.39, 0.29) is 5.91 Å². The van der Waals surface area contributed by atoms with Crippen molar-refractivity contribution < 1.29 is 13.2 Å². The summed E-state index contributed by atoms with van der Waals surface area (Å²) in [5.41, 5.74) is 1.70. The molecule has 0 aliphatic carbocycles. The fraction of sp³-hybridized carbons (Fsp3) is 0.375. The van der Waals surface area contributed by atoms with Crippen molar-refractivity contribution in [3.63, 3.8) is 0 Å². The van der Waals surface area contributed by atoms with E-state index in [1.54, 1.807) is 28.6 Å². The van der Waals surface area contributed by atoms with Crippen LogP contribution in [0.25, 0.3) is 10.9 Å². The van der Waals surface area contributed by atoms with Gasteiger partial charge in [0.1, 0.15) is 6.04 Å². The van der Waals surface area contributed by atoms with Crippen molar-refractivity contribution in [2.75, 3.05) is 13.1 Å². The van der Waals surface area contributed by atoms with Crippen LogP contribution in [-0.4, -0.2) is 36.3 Å². The molecule has 1 atom stereocenters. The summed E-state index contributed by atoms with van der Waals surface area (Å²) >= 11 is 6.20. The number of amides is 1. The van der Waals surface area contributed by atoms with Gasteiger partial charge in [-0.25, -0.2) is 8.42 Å². The third-order valence-electron chi connectivity index (χ3n) is 6.08. The summed E-state index contributed by atoms with van der Waals surface area (Å²) in [4.78, 5) is 13.3. The fourth-order valence-corrected chi connectivity index (χ4v) is 6.03. The summed E-state index contributed by atoms with van der Waals surface area (Å²) in [6, 6.07) is 14.1. The van der Waals surface area contributed by atoms with E-state index in [9.17, 15) is 13.2 Å². The number of fused-ring (bicyclic) bond motifs is 1. The molecule has 0 saturated carbocycles. The number of hydrogen-bond acceptors (Lipinski definition) is 3. The van der Waals surface area contributed by atoms with Gasteiger partial charge in [-0.05, 0) is 55.2 Å². The van der Waals surface area contributed by atoms with E-state index < -0.39 is 16.1 Å². The SMILES string of the molecule is CCC(C(=O)NCc1ccccc1Cl)n1ccc2cc(S(=O)(=O)N3CCCCC3)ccc21. The first-order chi connectivity index (χ1) is 15.4. The van der Waals surface area contributed by atoms with Crippen molar-refractivity contribution in [1.29, 1.82) is 0 Å². The van der Waals surface area contributed by atoms with Crippen LogP contribution in [0.15, 0.2) is 59.6 Å². The van der Waals surface area contributed by atoms with Gasteiger partial charge in [0.25, 0.3) is 0 Å². The molecule has 0 bridgehead atoms. The molecule has 1 N–H and O–H groups in total. The molecule has 1 aliphatic rings. The topological polar surface area (TPSA) is 71.4 Å².